The number of pyridine rings is 1. The minimum Gasteiger partial charge on any atom is -0.375 e. The fraction of sp³-hybridized carbons (Fsp3) is 0.412. The molecular weight excluding hydrogens is 308 g/mol. The van der Waals surface area contributed by atoms with E-state index in [9.17, 15) is 9.59 Å². The molecule has 1 saturated heterocycles. The van der Waals surface area contributed by atoms with E-state index in [1.165, 1.54) is 12.4 Å². The number of aryl methyl sites for hydroxylation is 2. The molecule has 1 atom stereocenters. The van der Waals surface area contributed by atoms with Crippen LogP contribution < -0.4 is 5.56 Å². The Morgan fingerprint density at radius 2 is 2.33 bits per heavy atom. The Hall–Kier alpha value is -2.54. The second-order valence-electron chi connectivity index (χ2n) is 5.82. The minimum absolute atomic E-state index is 0.0109. The van der Waals surface area contributed by atoms with Crippen molar-refractivity contribution in [2.45, 2.75) is 25.9 Å². The number of morpholine rings is 1. The highest BCUT2D eigenvalue weighted by Gasteiger charge is 2.26. The number of hydrogen-bond donors (Lipinski definition) is 1. The van der Waals surface area contributed by atoms with Gasteiger partial charge in [0.15, 0.2) is 0 Å². The third-order valence-corrected chi connectivity index (χ3v) is 4.12. The molecule has 3 rings (SSSR count). The lowest BCUT2D eigenvalue weighted by atomic mass is 10.1. The highest BCUT2D eigenvalue weighted by atomic mass is 16.5. The van der Waals surface area contributed by atoms with Crippen molar-refractivity contribution in [3.8, 4) is 0 Å². The van der Waals surface area contributed by atoms with Crippen LogP contribution in [-0.4, -0.2) is 51.6 Å². The van der Waals surface area contributed by atoms with E-state index < -0.39 is 0 Å². The average Bonchev–Trinajstić information content (AvgIpc) is 2.60. The molecule has 0 aromatic carbocycles. The Kier molecular flexibility index (Phi) is 5.00. The van der Waals surface area contributed by atoms with Crippen LogP contribution in [0.1, 0.15) is 28.2 Å². The van der Waals surface area contributed by atoms with E-state index in [-0.39, 0.29) is 17.6 Å². The van der Waals surface area contributed by atoms with Crippen molar-refractivity contribution in [1.29, 1.82) is 0 Å². The molecule has 1 aliphatic heterocycles. The highest BCUT2D eigenvalue weighted by molar-refractivity contribution is 5.95. The maximum absolute atomic E-state index is 12.7. The largest absolute Gasteiger partial charge is 0.375 e. The van der Waals surface area contributed by atoms with Gasteiger partial charge in [0.1, 0.15) is 0 Å². The first kappa shape index (κ1) is 16.3. The van der Waals surface area contributed by atoms with Crippen LogP contribution in [0.5, 0.6) is 0 Å². The summed E-state index contributed by atoms with van der Waals surface area (Å²) in [5.74, 6) is -0.0109. The number of nitrogens with zero attached hydrogens (tertiary/aromatic N) is 3. The fourth-order valence-corrected chi connectivity index (χ4v) is 2.81. The molecule has 0 saturated carbocycles. The highest BCUT2D eigenvalue weighted by Crippen LogP contribution is 2.15. The normalized spacial score (nSPS) is 17.7. The van der Waals surface area contributed by atoms with Crippen LogP contribution >= 0.6 is 0 Å². The topological polar surface area (TPSA) is 88.2 Å². The van der Waals surface area contributed by atoms with Crippen LogP contribution in [0.4, 0.5) is 0 Å². The second kappa shape index (κ2) is 7.35. The zero-order valence-electron chi connectivity index (χ0n) is 13.6. The summed E-state index contributed by atoms with van der Waals surface area (Å²) in [6, 6.07) is 5.07. The van der Waals surface area contributed by atoms with Gasteiger partial charge in [-0.15, -0.1) is 0 Å². The summed E-state index contributed by atoms with van der Waals surface area (Å²) in [5.41, 5.74) is 1.94. The number of rotatable bonds is 4. The quantitative estimate of drug-likeness (QED) is 0.903. The Morgan fingerprint density at radius 3 is 3.12 bits per heavy atom. The lowest BCUT2D eigenvalue weighted by Crippen LogP contribution is -2.46. The van der Waals surface area contributed by atoms with Crippen LogP contribution in [0.15, 0.2) is 35.5 Å². The number of aromatic nitrogens is 3. The third-order valence-electron chi connectivity index (χ3n) is 4.12. The number of aromatic amines is 1. The Morgan fingerprint density at radius 1 is 1.46 bits per heavy atom. The molecule has 0 spiro atoms. The lowest BCUT2D eigenvalue weighted by molar-refractivity contribution is -0.0247. The number of hydrogen-bond acceptors (Lipinski definition) is 5. The van der Waals surface area contributed by atoms with Crippen LogP contribution in [0, 0.1) is 6.92 Å². The van der Waals surface area contributed by atoms with E-state index in [1.54, 1.807) is 18.3 Å². The first-order valence-corrected chi connectivity index (χ1v) is 7.99. The van der Waals surface area contributed by atoms with Crippen LogP contribution in [0.25, 0.3) is 0 Å². The minimum atomic E-state index is -0.159. The molecule has 1 amide bonds. The van der Waals surface area contributed by atoms with Crippen LogP contribution in [0.3, 0.4) is 0 Å². The summed E-state index contributed by atoms with van der Waals surface area (Å²) in [6.07, 6.45) is 4.39. The molecule has 1 fully saturated rings. The smallest absolute Gasteiger partial charge is 0.255 e. The van der Waals surface area contributed by atoms with Gasteiger partial charge in [-0.3, -0.25) is 14.6 Å². The summed E-state index contributed by atoms with van der Waals surface area (Å²) < 4.78 is 5.75. The number of nitrogens with one attached hydrogen (secondary N) is 1. The SMILES string of the molecule is Cc1ncccc1C(=O)N1CCOC(CCc2cc(=O)[nH]cn2)C1. The molecule has 1 N–H and O–H groups in total. The Bertz CT molecular complexity index is 774. The summed E-state index contributed by atoms with van der Waals surface area (Å²) in [6.45, 7) is 3.46. The van der Waals surface area contributed by atoms with Crippen molar-refractivity contribution in [2.75, 3.05) is 19.7 Å². The summed E-state index contributed by atoms with van der Waals surface area (Å²) >= 11 is 0. The number of amides is 1. The molecule has 1 unspecified atom stereocenters. The van der Waals surface area contributed by atoms with E-state index in [0.717, 1.165) is 11.4 Å². The van der Waals surface area contributed by atoms with Gasteiger partial charge in [0.05, 0.1) is 24.6 Å². The Balaban J connectivity index is 1.61. The summed E-state index contributed by atoms with van der Waals surface area (Å²) in [5, 5.41) is 0. The fourth-order valence-electron chi connectivity index (χ4n) is 2.81. The van der Waals surface area contributed by atoms with E-state index in [2.05, 4.69) is 15.0 Å². The zero-order valence-corrected chi connectivity index (χ0v) is 13.6. The molecule has 7 nitrogen and oxygen atoms in total. The summed E-state index contributed by atoms with van der Waals surface area (Å²) in [7, 11) is 0. The molecule has 2 aromatic heterocycles. The van der Waals surface area contributed by atoms with Gasteiger partial charge in [-0.05, 0) is 31.9 Å². The van der Waals surface area contributed by atoms with Gasteiger partial charge in [-0.2, -0.15) is 0 Å². The third kappa shape index (κ3) is 3.86. The van der Waals surface area contributed by atoms with Gasteiger partial charge >= 0.3 is 0 Å². The molecule has 0 radical (unpaired) electrons. The van der Waals surface area contributed by atoms with Gasteiger partial charge in [-0.25, -0.2) is 4.98 Å². The molecule has 126 valence electrons. The zero-order chi connectivity index (χ0) is 16.9. The second-order valence-corrected chi connectivity index (χ2v) is 5.82. The number of carbonyl (C=O) groups is 1. The molecule has 24 heavy (non-hydrogen) atoms. The number of H-pyrrole nitrogens is 1. The first-order valence-electron chi connectivity index (χ1n) is 7.99. The first-order chi connectivity index (χ1) is 11.6. The average molecular weight is 328 g/mol. The Labute approximate surface area is 139 Å². The molecule has 3 heterocycles. The standard InChI is InChI=1S/C17H20N4O3/c1-12-15(3-2-6-18-12)17(23)21-7-8-24-14(10-21)5-4-13-9-16(22)20-11-19-13/h2-3,6,9,11,14H,4-5,7-8,10H2,1H3,(H,19,20,22). The van der Waals surface area contributed by atoms with Crippen molar-refractivity contribution in [3.63, 3.8) is 0 Å². The monoisotopic (exact) mass is 328 g/mol. The predicted molar refractivity (Wildman–Crippen MR) is 87.8 cm³/mol. The van der Waals surface area contributed by atoms with Crippen molar-refractivity contribution < 1.29 is 9.53 Å². The lowest BCUT2D eigenvalue weighted by Gasteiger charge is -2.33. The predicted octanol–water partition coefficient (Wildman–Crippen LogP) is 0.947. The van der Waals surface area contributed by atoms with Gasteiger partial charge in [0.2, 0.25) is 0 Å². The van der Waals surface area contributed by atoms with E-state index in [0.29, 0.717) is 38.1 Å². The number of ether oxygens (including phenoxy) is 1. The van der Waals surface area contributed by atoms with Gasteiger partial charge in [0, 0.05) is 36.7 Å². The van der Waals surface area contributed by atoms with Gasteiger partial charge in [0.25, 0.3) is 11.5 Å². The molecule has 7 heteroatoms. The van der Waals surface area contributed by atoms with E-state index in [4.69, 9.17) is 4.74 Å². The molecular formula is C17H20N4O3. The van der Waals surface area contributed by atoms with Crippen molar-refractivity contribution in [1.82, 2.24) is 19.9 Å². The summed E-state index contributed by atoms with van der Waals surface area (Å²) in [4.78, 5) is 36.6. The van der Waals surface area contributed by atoms with E-state index in [1.807, 2.05) is 11.8 Å². The van der Waals surface area contributed by atoms with Gasteiger partial charge < -0.3 is 14.6 Å². The van der Waals surface area contributed by atoms with Crippen LogP contribution in [-0.2, 0) is 11.2 Å². The molecule has 0 bridgehead atoms. The maximum Gasteiger partial charge on any atom is 0.255 e. The van der Waals surface area contributed by atoms with Crippen LogP contribution in [0.2, 0.25) is 0 Å². The van der Waals surface area contributed by atoms with Crippen molar-refractivity contribution in [3.05, 3.63) is 58.0 Å². The van der Waals surface area contributed by atoms with Crippen molar-refractivity contribution >= 4 is 5.91 Å². The molecule has 0 aliphatic carbocycles. The van der Waals surface area contributed by atoms with Gasteiger partial charge in [-0.1, -0.05) is 0 Å². The maximum atomic E-state index is 12.7. The molecule has 1 aliphatic rings. The van der Waals surface area contributed by atoms with E-state index >= 15 is 0 Å². The number of carbonyl (C=O) groups excluding carboxylic acids is 1. The van der Waals surface area contributed by atoms with Crippen molar-refractivity contribution in [2.24, 2.45) is 0 Å². The molecule has 2 aromatic rings.